The van der Waals surface area contributed by atoms with Gasteiger partial charge in [-0.25, -0.2) is 0 Å². The van der Waals surface area contributed by atoms with E-state index in [1.54, 1.807) is 0 Å². The lowest BCUT2D eigenvalue weighted by Crippen LogP contribution is -2.35. The number of fused-ring (bicyclic) bond motifs is 1. The van der Waals surface area contributed by atoms with Crippen LogP contribution in [0.2, 0.25) is 0 Å². The Morgan fingerprint density at radius 2 is 1.88 bits per heavy atom. The van der Waals surface area contributed by atoms with Crippen LogP contribution in [0.15, 0.2) is 48.5 Å². The summed E-state index contributed by atoms with van der Waals surface area (Å²) in [6, 6.07) is 15.7. The predicted molar refractivity (Wildman–Crippen MR) is 95.4 cm³/mol. The smallest absolute Gasteiger partial charge is 0.123 e. The van der Waals surface area contributed by atoms with Gasteiger partial charge in [0.05, 0.1) is 18.8 Å². The molecule has 1 aliphatic rings. The van der Waals surface area contributed by atoms with Crippen LogP contribution in [0.5, 0.6) is 5.75 Å². The van der Waals surface area contributed by atoms with E-state index in [0.29, 0.717) is 32.7 Å². The van der Waals surface area contributed by atoms with E-state index in [-0.39, 0.29) is 6.61 Å². The quantitative estimate of drug-likeness (QED) is 0.741. The number of rotatable bonds is 6. The van der Waals surface area contributed by atoms with E-state index in [9.17, 15) is 10.2 Å². The summed E-state index contributed by atoms with van der Waals surface area (Å²) in [5.41, 5.74) is 2.94. The number of hydrogen-bond donors (Lipinski definition) is 3. The lowest BCUT2D eigenvalue weighted by molar-refractivity contribution is 0.0552. The first-order valence-electron chi connectivity index (χ1n) is 8.64. The molecule has 2 aromatic rings. The summed E-state index contributed by atoms with van der Waals surface area (Å²) in [4.78, 5) is 2.06. The van der Waals surface area contributed by atoms with Crippen LogP contribution in [0.25, 0.3) is 0 Å². The number of ether oxygens (including phenoxy) is 1. The fourth-order valence-corrected chi connectivity index (χ4v) is 3.14. The molecule has 25 heavy (non-hydrogen) atoms. The van der Waals surface area contributed by atoms with Crippen molar-refractivity contribution in [1.82, 2.24) is 4.90 Å². The molecule has 0 fully saturated rings. The van der Waals surface area contributed by atoms with Crippen LogP contribution in [0.1, 0.15) is 22.8 Å². The molecule has 0 saturated heterocycles. The Morgan fingerprint density at radius 3 is 2.64 bits per heavy atom. The maximum atomic E-state index is 10.6. The molecule has 0 amide bonds. The highest BCUT2D eigenvalue weighted by Crippen LogP contribution is 2.28. The lowest BCUT2D eigenvalue weighted by Gasteiger charge is -2.22. The first kappa shape index (κ1) is 17.9. The molecule has 2 atom stereocenters. The molecule has 5 heteroatoms. The minimum absolute atomic E-state index is 0.250. The Morgan fingerprint density at radius 1 is 1.08 bits per heavy atom. The molecule has 0 spiro atoms. The maximum Gasteiger partial charge on any atom is 0.123 e. The molecule has 0 saturated carbocycles. The van der Waals surface area contributed by atoms with E-state index in [4.69, 9.17) is 9.84 Å². The third kappa shape index (κ3) is 4.80. The fraction of sp³-hybridized carbons (Fsp3) is 0.400. The van der Waals surface area contributed by atoms with Crippen molar-refractivity contribution in [2.24, 2.45) is 0 Å². The normalized spacial score (nSPS) is 17.2. The number of aliphatic hydroxyl groups is 3. The Hall–Kier alpha value is -1.92. The zero-order chi connectivity index (χ0) is 17.6. The minimum atomic E-state index is -0.756. The molecule has 0 aliphatic carbocycles. The number of aliphatic hydroxyl groups excluding tert-OH is 3. The second-order valence-electron chi connectivity index (χ2n) is 6.49. The van der Waals surface area contributed by atoms with Crippen LogP contribution in [-0.4, -0.2) is 52.6 Å². The summed E-state index contributed by atoms with van der Waals surface area (Å²) >= 11 is 0. The topological polar surface area (TPSA) is 73.2 Å². The SMILES string of the molecule is OCC(O)CN1CCOc2ccc(C(O)Cc3ccccc3)cc2C1. The summed E-state index contributed by atoms with van der Waals surface area (Å²) in [5.74, 6) is 0.816. The van der Waals surface area contributed by atoms with E-state index in [2.05, 4.69) is 4.90 Å². The highest BCUT2D eigenvalue weighted by atomic mass is 16.5. The molecule has 2 unspecified atom stereocenters. The molecule has 2 aromatic carbocycles. The van der Waals surface area contributed by atoms with Crippen LogP contribution in [-0.2, 0) is 13.0 Å². The van der Waals surface area contributed by atoms with E-state index in [1.807, 2.05) is 48.5 Å². The molecule has 3 rings (SSSR count). The zero-order valence-electron chi connectivity index (χ0n) is 14.2. The standard InChI is InChI=1S/C20H25NO4/c22-14-18(23)13-21-8-9-25-20-7-6-16(11-17(20)12-21)19(24)10-15-4-2-1-3-5-15/h1-7,11,18-19,22-24H,8-10,12-14H2. The first-order chi connectivity index (χ1) is 12.2. The van der Waals surface area contributed by atoms with Gasteiger partial charge in [0.2, 0.25) is 0 Å². The van der Waals surface area contributed by atoms with Gasteiger partial charge in [0.1, 0.15) is 12.4 Å². The maximum absolute atomic E-state index is 10.6. The summed E-state index contributed by atoms with van der Waals surface area (Å²) in [7, 11) is 0. The van der Waals surface area contributed by atoms with Crippen molar-refractivity contribution < 1.29 is 20.1 Å². The summed E-state index contributed by atoms with van der Waals surface area (Å²) in [6.45, 7) is 2.00. The van der Waals surface area contributed by atoms with E-state index < -0.39 is 12.2 Å². The van der Waals surface area contributed by atoms with Gasteiger partial charge in [-0.05, 0) is 23.3 Å². The second kappa shape index (κ2) is 8.45. The number of benzene rings is 2. The number of nitrogens with zero attached hydrogens (tertiary/aromatic N) is 1. The number of β-amino-alcohol motifs (C(OH)–C–C–N with tert-alkyl or cyclic N) is 1. The van der Waals surface area contributed by atoms with Gasteiger partial charge in [0.15, 0.2) is 0 Å². The zero-order valence-corrected chi connectivity index (χ0v) is 14.2. The Labute approximate surface area is 148 Å². The number of hydrogen-bond acceptors (Lipinski definition) is 5. The van der Waals surface area contributed by atoms with Crippen LogP contribution < -0.4 is 4.74 Å². The molecule has 3 N–H and O–H groups in total. The van der Waals surface area contributed by atoms with Gasteiger partial charge in [0.25, 0.3) is 0 Å². The Balaban J connectivity index is 1.73. The monoisotopic (exact) mass is 343 g/mol. The summed E-state index contributed by atoms with van der Waals surface area (Å²) < 4.78 is 5.78. The molecule has 0 aromatic heterocycles. The Kier molecular flexibility index (Phi) is 6.04. The van der Waals surface area contributed by atoms with Crippen molar-refractivity contribution in [2.45, 2.75) is 25.2 Å². The third-order valence-electron chi connectivity index (χ3n) is 4.48. The summed E-state index contributed by atoms with van der Waals surface area (Å²) in [5, 5.41) is 29.3. The molecule has 5 nitrogen and oxygen atoms in total. The summed E-state index contributed by atoms with van der Waals surface area (Å²) in [6.07, 6.45) is -0.770. The van der Waals surface area contributed by atoms with Gasteiger partial charge < -0.3 is 20.1 Å². The minimum Gasteiger partial charge on any atom is -0.492 e. The van der Waals surface area contributed by atoms with Gasteiger partial charge in [-0.2, -0.15) is 0 Å². The van der Waals surface area contributed by atoms with Gasteiger partial charge in [-0.3, -0.25) is 4.90 Å². The van der Waals surface area contributed by atoms with E-state index in [1.165, 1.54) is 0 Å². The highest BCUT2D eigenvalue weighted by Gasteiger charge is 2.19. The molecular weight excluding hydrogens is 318 g/mol. The van der Waals surface area contributed by atoms with Crippen molar-refractivity contribution in [3.8, 4) is 5.75 Å². The third-order valence-corrected chi connectivity index (χ3v) is 4.48. The van der Waals surface area contributed by atoms with Crippen molar-refractivity contribution >= 4 is 0 Å². The average molecular weight is 343 g/mol. The molecule has 134 valence electrons. The largest absolute Gasteiger partial charge is 0.492 e. The van der Waals surface area contributed by atoms with Crippen molar-refractivity contribution in [3.63, 3.8) is 0 Å². The van der Waals surface area contributed by atoms with Crippen LogP contribution >= 0.6 is 0 Å². The van der Waals surface area contributed by atoms with Crippen LogP contribution in [0.3, 0.4) is 0 Å². The van der Waals surface area contributed by atoms with Crippen LogP contribution in [0, 0.1) is 0 Å². The molecule has 1 aliphatic heterocycles. The van der Waals surface area contributed by atoms with Crippen molar-refractivity contribution in [3.05, 3.63) is 65.2 Å². The Bertz CT molecular complexity index is 677. The van der Waals surface area contributed by atoms with Gasteiger partial charge >= 0.3 is 0 Å². The van der Waals surface area contributed by atoms with Crippen molar-refractivity contribution in [1.29, 1.82) is 0 Å². The van der Waals surface area contributed by atoms with Crippen molar-refractivity contribution in [2.75, 3.05) is 26.3 Å². The van der Waals surface area contributed by atoms with Gasteiger partial charge in [0, 0.05) is 31.6 Å². The van der Waals surface area contributed by atoms with Gasteiger partial charge in [-0.1, -0.05) is 36.4 Å². The molecule has 1 heterocycles. The van der Waals surface area contributed by atoms with E-state index in [0.717, 1.165) is 22.4 Å². The first-order valence-corrected chi connectivity index (χ1v) is 8.64. The molecular formula is C20H25NO4. The fourth-order valence-electron chi connectivity index (χ4n) is 3.14. The predicted octanol–water partition coefficient (Wildman–Crippen LogP) is 1.51. The van der Waals surface area contributed by atoms with Crippen LogP contribution in [0.4, 0.5) is 0 Å². The van der Waals surface area contributed by atoms with E-state index >= 15 is 0 Å². The lowest BCUT2D eigenvalue weighted by atomic mass is 9.99. The second-order valence-corrected chi connectivity index (χ2v) is 6.49. The van der Waals surface area contributed by atoms with Gasteiger partial charge in [-0.15, -0.1) is 0 Å². The molecule has 0 radical (unpaired) electrons. The molecule has 0 bridgehead atoms. The highest BCUT2D eigenvalue weighted by molar-refractivity contribution is 5.39. The average Bonchev–Trinajstić information content (AvgIpc) is 2.83.